The maximum absolute atomic E-state index is 12.9. The summed E-state index contributed by atoms with van der Waals surface area (Å²) >= 11 is 11.9. The topological polar surface area (TPSA) is 125 Å². The minimum Gasteiger partial charge on any atom is -0.465 e. The van der Waals surface area contributed by atoms with Crippen LogP contribution in [0.25, 0.3) is 5.65 Å². The molecule has 0 aliphatic rings. The number of halogens is 5. The normalized spacial score (nSPS) is 11.3. The molecule has 0 saturated heterocycles. The minimum absolute atomic E-state index is 0.000583. The Morgan fingerprint density at radius 1 is 1.03 bits per heavy atom. The summed E-state index contributed by atoms with van der Waals surface area (Å²) in [6.45, 7) is -0.0276. The number of pyridine rings is 1. The van der Waals surface area contributed by atoms with Crippen molar-refractivity contribution in [3.05, 3.63) is 69.1 Å². The zero-order valence-corrected chi connectivity index (χ0v) is 17.1. The van der Waals surface area contributed by atoms with Crippen molar-refractivity contribution in [3.8, 4) is 0 Å². The van der Waals surface area contributed by atoms with Crippen LogP contribution in [0.5, 0.6) is 0 Å². The summed E-state index contributed by atoms with van der Waals surface area (Å²) in [7, 11) is 0. The average molecular weight is 490 g/mol. The molecule has 2 heterocycles. The maximum Gasteiger partial charge on any atom is 0.417 e. The minimum atomic E-state index is -4.64. The lowest BCUT2D eigenvalue weighted by molar-refractivity contribution is -0.137. The van der Waals surface area contributed by atoms with E-state index in [1.807, 2.05) is 0 Å². The molecule has 0 fully saturated rings. The lowest BCUT2D eigenvalue weighted by atomic mass is 10.1. The summed E-state index contributed by atoms with van der Waals surface area (Å²) in [6, 6.07) is 4.84. The molecular formula is C18H12Cl2F3N5O4. The van der Waals surface area contributed by atoms with E-state index in [4.69, 9.17) is 28.3 Å². The van der Waals surface area contributed by atoms with Gasteiger partial charge in [0.05, 0.1) is 21.2 Å². The Morgan fingerprint density at radius 2 is 1.72 bits per heavy atom. The first-order valence-electron chi connectivity index (χ1n) is 8.57. The average Bonchev–Trinajstić information content (AvgIpc) is 3.14. The van der Waals surface area contributed by atoms with Gasteiger partial charge in [-0.3, -0.25) is 20.4 Å². The molecule has 0 atom stereocenters. The Labute approximate surface area is 187 Å². The second-order valence-electron chi connectivity index (χ2n) is 6.31. The predicted octanol–water partition coefficient (Wildman–Crippen LogP) is 3.50. The number of benzene rings is 1. The molecule has 168 valence electrons. The van der Waals surface area contributed by atoms with Gasteiger partial charge in [-0.1, -0.05) is 29.3 Å². The van der Waals surface area contributed by atoms with Crippen LogP contribution < -0.4 is 16.2 Å². The highest BCUT2D eigenvalue weighted by Gasteiger charge is 2.32. The highest BCUT2D eigenvalue weighted by molar-refractivity contribution is 6.34. The maximum atomic E-state index is 12.9. The molecule has 32 heavy (non-hydrogen) atoms. The summed E-state index contributed by atoms with van der Waals surface area (Å²) in [6.07, 6.45) is -4.12. The van der Waals surface area contributed by atoms with Gasteiger partial charge in [0.25, 0.3) is 11.8 Å². The van der Waals surface area contributed by atoms with E-state index >= 15 is 0 Å². The van der Waals surface area contributed by atoms with E-state index in [9.17, 15) is 27.6 Å². The first-order valence-corrected chi connectivity index (χ1v) is 9.32. The molecule has 4 N–H and O–H groups in total. The number of hydrogen-bond acceptors (Lipinski definition) is 4. The van der Waals surface area contributed by atoms with Crippen LogP contribution in [0, 0.1) is 0 Å². The molecular weight excluding hydrogens is 478 g/mol. The summed E-state index contributed by atoms with van der Waals surface area (Å²) in [4.78, 5) is 38.9. The largest absolute Gasteiger partial charge is 0.465 e. The summed E-state index contributed by atoms with van der Waals surface area (Å²) in [5.41, 5.74) is 3.27. The zero-order chi connectivity index (χ0) is 23.6. The summed E-state index contributed by atoms with van der Waals surface area (Å²) < 4.78 is 39.7. The molecule has 0 unspecified atom stereocenters. The van der Waals surface area contributed by atoms with Crippen molar-refractivity contribution in [2.75, 3.05) is 0 Å². The highest BCUT2D eigenvalue weighted by Crippen LogP contribution is 2.32. The fourth-order valence-corrected chi connectivity index (χ4v) is 3.14. The van der Waals surface area contributed by atoms with Gasteiger partial charge in [0.1, 0.15) is 5.69 Å². The zero-order valence-electron chi connectivity index (χ0n) is 15.6. The Morgan fingerprint density at radius 3 is 2.34 bits per heavy atom. The van der Waals surface area contributed by atoms with Gasteiger partial charge in [0.2, 0.25) is 0 Å². The Kier molecular flexibility index (Phi) is 6.46. The van der Waals surface area contributed by atoms with Gasteiger partial charge in [0.15, 0.2) is 5.65 Å². The van der Waals surface area contributed by atoms with Crippen molar-refractivity contribution in [2.45, 2.75) is 12.7 Å². The van der Waals surface area contributed by atoms with Crippen LogP contribution in [0.2, 0.25) is 10.0 Å². The van der Waals surface area contributed by atoms with Crippen LogP contribution in [0.1, 0.15) is 32.0 Å². The summed E-state index contributed by atoms with van der Waals surface area (Å²) in [5.74, 6) is -1.70. The van der Waals surface area contributed by atoms with Crippen LogP contribution in [0.3, 0.4) is 0 Å². The number of nitrogens with zero attached hydrogens (tertiary/aromatic N) is 2. The molecule has 0 aliphatic carbocycles. The van der Waals surface area contributed by atoms with Gasteiger partial charge in [-0.05, 0) is 23.8 Å². The van der Waals surface area contributed by atoms with E-state index in [-0.39, 0.29) is 33.5 Å². The van der Waals surface area contributed by atoms with Crippen molar-refractivity contribution in [3.63, 3.8) is 0 Å². The molecule has 0 spiro atoms. The second kappa shape index (κ2) is 8.93. The number of aromatic nitrogens is 2. The number of hydrogen-bond donors (Lipinski definition) is 4. The number of amides is 3. The highest BCUT2D eigenvalue weighted by atomic mass is 35.5. The third-order valence-electron chi connectivity index (χ3n) is 4.08. The van der Waals surface area contributed by atoms with E-state index in [2.05, 4.69) is 21.2 Å². The van der Waals surface area contributed by atoms with Gasteiger partial charge in [0, 0.05) is 18.9 Å². The molecule has 0 bridgehead atoms. The third kappa shape index (κ3) is 5.21. The lowest BCUT2D eigenvalue weighted by Crippen LogP contribution is -2.41. The van der Waals surface area contributed by atoms with Gasteiger partial charge >= 0.3 is 12.3 Å². The number of rotatable bonds is 4. The fourth-order valence-electron chi connectivity index (χ4n) is 2.60. The van der Waals surface area contributed by atoms with Gasteiger partial charge in [-0.15, -0.1) is 0 Å². The monoisotopic (exact) mass is 489 g/mol. The second-order valence-corrected chi connectivity index (χ2v) is 7.13. The van der Waals surface area contributed by atoms with Crippen LogP contribution in [-0.4, -0.2) is 32.4 Å². The lowest BCUT2D eigenvalue weighted by Gasteiger charge is -2.09. The SMILES string of the molecule is O=C(O)NCc1ccc(C(=O)NNC(=O)c2cn3cc(C(F)(F)F)cc(Cl)c3n2)c(Cl)c1. The van der Waals surface area contributed by atoms with Gasteiger partial charge in [-0.2, -0.15) is 13.2 Å². The molecule has 0 aliphatic heterocycles. The Hall–Kier alpha value is -3.51. The molecule has 3 aromatic rings. The first kappa shape index (κ1) is 23.2. The smallest absolute Gasteiger partial charge is 0.417 e. The van der Waals surface area contributed by atoms with Crippen molar-refractivity contribution >= 4 is 46.8 Å². The molecule has 9 nitrogen and oxygen atoms in total. The van der Waals surface area contributed by atoms with Gasteiger partial charge in [-0.25, -0.2) is 9.78 Å². The number of alkyl halides is 3. The van der Waals surface area contributed by atoms with E-state index < -0.39 is 29.6 Å². The van der Waals surface area contributed by atoms with E-state index in [0.717, 1.165) is 16.8 Å². The van der Waals surface area contributed by atoms with Gasteiger partial charge < -0.3 is 14.8 Å². The van der Waals surface area contributed by atoms with Crippen molar-refractivity contribution in [1.82, 2.24) is 25.6 Å². The van der Waals surface area contributed by atoms with Crippen molar-refractivity contribution in [1.29, 1.82) is 0 Å². The third-order valence-corrected chi connectivity index (χ3v) is 4.67. The van der Waals surface area contributed by atoms with Crippen LogP contribution in [0.4, 0.5) is 18.0 Å². The number of imidazole rings is 1. The van der Waals surface area contributed by atoms with Crippen molar-refractivity contribution in [2.24, 2.45) is 0 Å². The molecule has 0 radical (unpaired) electrons. The molecule has 2 aromatic heterocycles. The number of nitrogens with one attached hydrogen (secondary N) is 3. The van der Waals surface area contributed by atoms with E-state index in [1.54, 1.807) is 0 Å². The van der Waals surface area contributed by atoms with Crippen molar-refractivity contribution < 1.29 is 32.7 Å². The quantitative estimate of drug-likeness (QED) is 0.417. The standard InChI is InChI=1S/C18H12Cl2F3N5O4/c19-11-3-8(5-24-17(31)32)1-2-10(11)15(29)26-27-16(30)13-7-28-6-9(18(21,22)23)4-12(20)14(28)25-13/h1-4,6-7,24H,5H2,(H,26,29)(H,27,30)(H,31,32). The number of fused-ring (bicyclic) bond motifs is 1. The molecule has 3 rings (SSSR count). The number of carbonyl (C=O) groups is 3. The van der Waals surface area contributed by atoms with Crippen LogP contribution in [-0.2, 0) is 12.7 Å². The molecule has 0 saturated carbocycles. The fraction of sp³-hybridized carbons (Fsp3) is 0.111. The van der Waals surface area contributed by atoms with E-state index in [0.29, 0.717) is 11.6 Å². The number of carboxylic acid groups (broad SMARTS) is 1. The number of hydrazine groups is 1. The van der Waals surface area contributed by atoms with Crippen LogP contribution in [0.15, 0.2) is 36.7 Å². The van der Waals surface area contributed by atoms with Crippen LogP contribution >= 0.6 is 23.2 Å². The Balaban J connectivity index is 1.70. The first-order chi connectivity index (χ1) is 15.0. The van der Waals surface area contributed by atoms with E-state index in [1.165, 1.54) is 18.2 Å². The molecule has 14 heteroatoms. The molecule has 1 aromatic carbocycles. The number of carbonyl (C=O) groups excluding carboxylic acids is 2. The molecule has 3 amide bonds. The predicted molar refractivity (Wildman–Crippen MR) is 106 cm³/mol. The summed E-state index contributed by atoms with van der Waals surface area (Å²) in [5, 5.41) is 10.4. The Bertz CT molecular complexity index is 1230.